The molecular formula is C15H16ClN3O3. The summed E-state index contributed by atoms with van der Waals surface area (Å²) in [6.45, 7) is 2.35. The van der Waals surface area contributed by atoms with E-state index in [2.05, 4.69) is 10.4 Å². The van der Waals surface area contributed by atoms with Gasteiger partial charge in [-0.15, -0.1) is 0 Å². The van der Waals surface area contributed by atoms with Crippen LogP contribution in [0.3, 0.4) is 0 Å². The molecule has 0 aliphatic rings. The van der Waals surface area contributed by atoms with Crippen molar-refractivity contribution in [1.82, 2.24) is 15.1 Å². The molecule has 1 aromatic carbocycles. The third-order valence-corrected chi connectivity index (χ3v) is 3.25. The predicted molar refractivity (Wildman–Crippen MR) is 83.6 cm³/mol. The van der Waals surface area contributed by atoms with Crippen LogP contribution in [0.25, 0.3) is 0 Å². The highest BCUT2D eigenvalue weighted by Gasteiger charge is 2.12. The third kappa shape index (κ3) is 3.85. The Balaban J connectivity index is 2.03. The largest absolute Gasteiger partial charge is 0.496 e. The van der Waals surface area contributed by atoms with Crippen molar-refractivity contribution < 1.29 is 9.53 Å². The van der Waals surface area contributed by atoms with Crippen molar-refractivity contribution >= 4 is 17.5 Å². The van der Waals surface area contributed by atoms with Crippen molar-refractivity contribution in [3.8, 4) is 5.75 Å². The summed E-state index contributed by atoms with van der Waals surface area (Å²) in [4.78, 5) is 23.8. The van der Waals surface area contributed by atoms with Crippen LogP contribution in [0.4, 0.5) is 0 Å². The fraction of sp³-hybridized carbons (Fsp3) is 0.267. The van der Waals surface area contributed by atoms with E-state index in [1.54, 1.807) is 25.1 Å². The number of hydrogen-bond acceptors (Lipinski definition) is 4. The van der Waals surface area contributed by atoms with Crippen LogP contribution < -0.4 is 15.6 Å². The molecule has 0 bridgehead atoms. The zero-order chi connectivity index (χ0) is 16.1. The Morgan fingerprint density at radius 2 is 2.14 bits per heavy atom. The molecule has 0 unspecified atom stereocenters. The number of amides is 1. The Morgan fingerprint density at radius 3 is 2.86 bits per heavy atom. The Hall–Kier alpha value is -2.34. The number of aromatic nitrogens is 2. The van der Waals surface area contributed by atoms with E-state index in [-0.39, 0.29) is 24.6 Å². The molecule has 0 atom stereocenters. The number of nitrogens with one attached hydrogen (secondary N) is 1. The van der Waals surface area contributed by atoms with E-state index in [0.29, 0.717) is 16.3 Å². The van der Waals surface area contributed by atoms with Gasteiger partial charge >= 0.3 is 0 Å². The Kier molecular flexibility index (Phi) is 5.16. The fourth-order valence-corrected chi connectivity index (χ4v) is 2.11. The first-order valence-electron chi connectivity index (χ1n) is 6.68. The number of aryl methyl sites for hydroxylation is 1. The molecule has 2 aromatic rings. The first kappa shape index (κ1) is 16.0. The van der Waals surface area contributed by atoms with Crippen LogP contribution in [0.1, 0.15) is 16.1 Å². The summed E-state index contributed by atoms with van der Waals surface area (Å²) in [5.41, 5.74) is 0.877. The van der Waals surface area contributed by atoms with Gasteiger partial charge in [0.25, 0.3) is 11.5 Å². The second kappa shape index (κ2) is 7.09. The lowest BCUT2D eigenvalue weighted by Gasteiger charge is -2.10. The van der Waals surface area contributed by atoms with Gasteiger partial charge in [-0.2, -0.15) is 5.10 Å². The summed E-state index contributed by atoms with van der Waals surface area (Å²) >= 11 is 5.90. The van der Waals surface area contributed by atoms with Crippen LogP contribution in [0, 0.1) is 6.92 Å². The molecular weight excluding hydrogens is 306 g/mol. The monoisotopic (exact) mass is 321 g/mol. The summed E-state index contributed by atoms with van der Waals surface area (Å²) < 4.78 is 6.44. The van der Waals surface area contributed by atoms with Gasteiger partial charge in [0.1, 0.15) is 5.75 Å². The molecule has 116 valence electrons. The van der Waals surface area contributed by atoms with Gasteiger partial charge in [-0.25, -0.2) is 4.68 Å². The zero-order valence-electron chi connectivity index (χ0n) is 12.3. The normalized spacial score (nSPS) is 10.3. The summed E-state index contributed by atoms with van der Waals surface area (Å²) in [7, 11) is 1.48. The molecule has 1 amide bonds. The lowest BCUT2D eigenvalue weighted by molar-refractivity contribution is 0.0948. The van der Waals surface area contributed by atoms with Gasteiger partial charge in [-0.05, 0) is 31.2 Å². The Morgan fingerprint density at radius 1 is 1.36 bits per heavy atom. The van der Waals surface area contributed by atoms with Gasteiger partial charge in [0, 0.05) is 17.6 Å². The summed E-state index contributed by atoms with van der Waals surface area (Å²) in [5.74, 6) is 0.118. The van der Waals surface area contributed by atoms with E-state index in [4.69, 9.17) is 16.3 Å². The molecule has 0 saturated heterocycles. The Labute approximate surface area is 132 Å². The van der Waals surface area contributed by atoms with Crippen LogP contribution in [-0.2, 0) is 6.54 Å². The molecule has 0 fully saturated rings. The van der Waals surface area contributed by atoms with E-state index in [1.807, 2.05) is 0 Å². The molecule has 0 spiro atoms. The molecule has 0 aliphatic carbocycles. The highest BCUT2D eigenvalue weighted by molar-refractivity contribution is 6.31. The maximum Gasteiger partial charge on any atom is 0.266 e. The second-order valence-electron chi connectivity index (χ2n) is 4.64. The number of rotatable bonds is 5. The van der Waals surface area contributed by atoms with Crippen molar-refractivity contribution in [2.45, 2.75) is 13.5 Å². The molecule has 6 nitrogen and oxygen atoms in total. The number of carbonyl (C=O) groups is 1. The number of nitrogens with zero attached hydrogens (tertiary/aromatic N) is 2. The van der Waals surface area contributed by atoms with Crippen molar-refractivity contribution in [2.75, 3.05) is 13.7 Å². The average Bonchev–Trinajstić information content (AvgIpc) is 2.50. The molecule has 1 N–H and O–H groups in total. The minimum atomic E-state index is -0.319. The maximum absolute atomic E-state index is 12.2. The second-order valence-corrected chi connectivity index (χ2v) is 5.07. The summed E-state index contributed by atoms with van der Waals surface area (Å²) in [6, 6.07) is 7.91. The first-order chi connectivity index (χ1) is 10.5. The fourth-order valence-electron chi connectivity index (χ4n) is 1.94. The van der Waals surface area contributed by atoms with Crippen molar-refractivity contribution in [3.05, 3.63) is 57.0 Å². The molecule has 0 radical (unpaired) electrons. The van der Waals surface area contributed by atoms with Crippen LogP contribution >= 0.6 is 11.6 Å². The number of ether oxygens (including phenoxy) is 1. The minimum Gasteiger partial charge on any atom is -0.496 e. The SMILES string of the molecule is COc1ccc(Cl)cc1C(=O)NCCn1nc(C)ccc1=O. The topological polar surface area (TPSA) is 73.2 Å². The Bertz CT molecular complexity index is 743. The molecule has 7 heteroatoms. The van der Waals surface area contributed by atoms with E-state index in [9.17, 15) is 9.59 Å². The van der Waals surface area contributed by atoms with Crippen LogP contribution in [-0.4, -0.2) is 29.3 Å². The molecule has 1 heterocycles. The maximum atomic E-state index is 12.2. The number of benzene rings is 1. The van der Waals surface area contributed by atoms with Gasteiger partial charge in [0.05, 0.1) is 24.9 Å². The van der Waals surface area contributed by atoms with E-state index >= 15 is 0 Å². The molecule has 1 aromatic heterocycles. The van der Waals surface area contributed by atoms with Gasteiger partial charge < -0.3 is 10.1 Å². The lowest BCUT2D eigenvalue weighted by atomic mass is 10.2. The van der Waals surface area contributed by atoms with Gasteiger partial charge in [0.15, 0.2) is 0 Å². The molecule has 0 saturated carbocycles. The smallest absolute Gasteiger partial charge is 0.266 e. The predicted octanol–water partition coefficient (Wildman–Crippen LogP) is 1.64. The average molecular weight is 322 g/mol. The summed E-state index contributed by atoms with van der Waals surface area (Å²) in [6.07, 6.45) is 0. The van der Waals surface area contributed by atoms with Crippen molar-refractivity contribution in [2.24, 2.45) is 0 Å². The molecule has 0 aliphatic heterocycles. The third-order valence-electron chi connectivity index (χ3n) is 3.02. The van der Waals surface area contributed by atoms with E-state index in [1.165, 1.54) is 23.9 Å². The highest BCUT2D eigenvalue weighted by atomic mass is 35.5. The number of carbonyl (C=O) groups excluding carboxylic acids is 1. The van der Waals surface area contributed by atoms with E-state index in [0.717, 1.165) is 5.69 Å². The van der Waals surface area contributed by atoms with Crippen LogP contribution in [0.2, 0.25) is 5.02 Å². The number of halogens is 1. The molecule has 2 rings (SSSR count). The van der Waals surface area contributed by atoms with E-state index < -0.39 is 0 Å². The number of methoxy groups -OCH3 is 1. The van der Waals surface area contributed by atoms with Crippen molar-refractivity contribution in [3.63, 3.8) is 0 Å². The summed E-state index contributed by atoms with van der Waals surface area (Å²) in [5, 5.41) is 7.26. The van der Waals surface area contributed by atoms with Gasteiger partial charge in [-0.1, -0.05) is 11.6 Å². The van der Waals surface area contributed by atoms with Gasteiger partial charge in [0.2, 0.25) is 0 Å². The quantitative estimate of drug-likeness (QED) is 0.908. The highest BCUT2D eigenvalue weighted by Crippen LogP contribution is 2.22. The first-order valence-corrected chi connectivity index (χ1v) is 7.05. The zero-order valence-corrected chi connectivity index (χ0v) is 13.1. The van der Waals surface area contributed by atoms with Crippen molar-refractivity contribution in [1.29, 1.82) is 0 Å². The minimum absolute atomic E-state index is 0.208. The standard InChI is InChI=1S/C15H16ClN3O3/c1-10-3-6-14(20)19(18-10)8-7-17-15(21)12-9-11(16)4-5-13(12)22-2/h3-6,9H,7-8H2,1-2H3,(H,17,21). The van der Waals surface area contributed by atoms with Gasteiger partial charge in [-0.3, -0.25) is 9.59 Å². The number of hydrogen-bond donors (Lipinski definition) is 1. The molecule has 22 heavy (non-hydrogen) atoms. The lowest BCUT2D eigenvalue weighted by Crippen LogP contribution is -2.32. The van der Waals surface area contributed by atoms with Crippen LogP contribution in [0.15, 0.2) is 35.1 Å². The van der Waals surface area contributed by atoms with Crippen LogP contribution in [0.5, 0.6) is 5.75 Å².